The number of fused-ring (bicyclic) bond motifs is 1. The normalized spacial score (nSPS) is 27.4. The predicted molar refractivity (Wildman–Crippen MR) is 93.3 cm³/mol. The Hall–Kier alpha value is -3.06. The van der Waals surface area contributed by atoms with E-state index in [2.05, 4.69) is 6.07 Å². The van der Waals surface area contributed by atoms with Gasteiger partial charge in [-0.3, -0.25) is 10.1 Å². The zero-order valence-corrected chi connectivity index (χ0v) is 14.7. The molecule has 8 nitrogen and oxygen atoms in total. The van der Waals surface area contributed by atoms with E-state index in [9.17, 15) is 25.9 Å². The molecule has 0 saturated heterocycles. The Morgan fingerprint density at radius 2 is 2.08 bits per heavy atom. The van der Waals surface area contributed by atoms with Crippen LogP contribution in [0.15, 0.2) is 23.8 Å². The van der Waals surface area contributed by atoms with Crippen LogP contribution in [0.5, 0.6) is 0 Å². The largest absolute Gasteiger partial charge is 0.324 e. The Morgan fingerprint density at radius 1 is 1.38 bits per heavy atom. The first kappa shape index (κ1) is 17.8. The molecule has 3 atom stereocenters. The lowest BCUT2D eigenvalue weighted by Crippen LogP contribution is -2.52. The molecule has 130 valence electrons. The second-order valence-corrected chi connectivity index (χ2v) is 7.54. The van der Waals surface area contributed by atoms with E-state index in [-0.39, 0.29) is 16.6 Å². The average molecular weight is 366 g/mol. The summed E-state index contributed by atoms with van der Waals surface area (Å²) < 4.78 is 0. The van der Waals surface area contributed by atoms with Crippen molar-refractivity contribution in [1.82, 2.24) is 4.90 Å². The molecule has 1 aliphatic heterocycles. The highest BCUT2D eigenvalue weighted by Gasteiger charge is 2.58. The summed E-state index contributed by atoms with van der Waals surface area (Å²) in [7, 11) is 1.89. The maximum absolute atomic E-state index is 11.1. The van der Waals surface area contributed by atoms with Gasteiger partial charge in [-0.05, 0) is 18.7 Å². The van der Waals surface area contributed by atoms with Crippen LogP contribution < -0.4 is 0 Å². The van der Waals surface area contributed by atoms with Crippen LogP contribution >= 0.6 is 11.3 Å². The van der Waals surface area contributed by atoms with E-state index in [0.717, 1.165) is 16.9 Å². The molecule has 1 aromatic heterocycles. The minimum Gasteiger partial charge on any atom is -0.305 e. The van der Waals surface area contributed by atoms with Gasteiger partial charge in [0, 0.05) is 35.9 Å². The Morgan fingerprint density at radius 3 is 2.62 bits per heavy atom. The molecule has 0 amide bonds. The monoisotopic (exact) mass is 366 g/mol. The molecule has 0 radical (unpaired) electrons. The first-order valence-corrected chi connectivity index (χ1v) is 8.65. The third kappa shape index (κ3) is 2.40. The zero-order chi connectivity index (χ0) is 19.1. The molecule has 1 unspecified atom stereocenters. The lowest BCUT2D eigenvalue weighted by molar-refractivity contribution is -0.380. The summed E-state index contributed by atoms with van der Waals surface area (Å²) in [6, 6.07) is 8.92. The summed E-state index contributed by atoms with van der Waals surface area (Å²) in [6.07, 6.45) is 1.88. The fraction of sp³-hybridized carbons (Fsp3) is 0.412. The van der Waals surface area contributed by atoms with Gasteiger partial charge in [0.15, 0.2) is 5.41 Å². The summed E-state index contributed by atoms with van der Waals surface area (Å²) >= 11 is 0.922. The number of nitro groups is 1. The number of rotatable bonds is 2. The van der Waals surface area contributed by atoms with Crippen LogP contribution in [-0.4, -0.2) is 35.7 Å². The Balaban J connectivity index is 2.24. The Bertz CT molecular complexity index is 930. The number of hydrogen-bond donors (Lipinski definition) is 1. The van der Waals surface area contributed by atoms with E-state index >= 15 is 0 Å². The number of nitriles is 3. The SMILES string of the molecule is CN1CC=C2C(C#N)C(=N)C(C#N)(C#N)[C@@H](c3ccc([N+](=O)[O-])s3)[C@@H]2C1. The molecule has 0 spiro atoms. The van der Waals surface area contributed by atoms with Gasteiger partial charge in [-0.1, -0.05) is 17.4 Å². The summed E-state index contributed by atoms with van der Waals surface area (Å²) in [5.74, 6) is -1.97. The maximum Gasteiger partial charge on any atom is 0.324 e. The van der Waals surface area contributed by atoms with Gasteiger partial charge in [0.1, 0.15) is 5.92 Å². The topological polar surface area (TPSA) is 142 Å². The van der Waals surface area contributed by atoms with Crippen molar-refractivity contribution in [2.75, 3.05) is 20.1 Å². The van der Waals surface area contributed by atoms with Crippen LogP contribution in [-0.2, 0) is 0 Å². The lowest BCUT2D eigenvalue weighted by Gasteiger charge is -2.46. The molecule has 9 heteroatoms. The third-order valence-corrected chi connectivity index (χ3v) is 6.19. The van der Waals surface area contributed by atoms with Crippen LogP contribution in [0, 0.1) is 66.8 Å². The van der Waals surface area contributed by atoms with E-state index in [1.54, 1.807) is 6.07 Å². The van der Waals surface area contributed by atoms with Gasteiger partial charge in [0.2, 0.25) is 0 Å². The Kier molecular flexibility index (Phi) is 4.33. The molecular weight excluding hydrogens is 352 g/mol. The third-order valence-electron chi connectivity index (χ3n) is 5.07. The molecule has 1 fully saturated rings. The maximum atomic E-state index is 11.1. The van der Waals surface area contributed by atoms with Crippen molar-refractivity contribution in [3.05, 3.63) is 38.8 Å². The number of likely N-dealkylation sites (N-methyl/N-ethyl adjacent to an activating group) is 1. The summed E-state index contributed by atoms with van der Waals surface area (Å²) in [5.41, 5.74) is -1.32. The molecule has 2 heterocycles. The van der Waals surface area contributed by atoms with Crippen molar-refractivity contribution >= 4 is 22.0 Å². The summed E-state index contributed by atoms with van der Waals surface area (Å²) in [5, 5.41) is 48.7. The highest BCUT2D eigenvalue weighted by Crippen LogP contribution is 2.54. The molecular formula is C17H14N6O2S. The van der Waals surface area contributed by atoms with Crippen molar-refractivity contribution in [2.45, 2.75) is 5.92 Å². The van der Waals surface area contributed by atoms with Gasteiger partial charge in [-0.2, -0.15) is 15.8 Å². The summed E-state index contributed by atoms with van der Waals surface area (Å²) in [4.78, 5) is 13.1. The van der Waals surface area contributed by atoms with E-state index in [1.807, 2.05) is 30.2 Å². The molecule has 1 aromatic rings. The van der Waals surface area contributed by atoms with Crippen LogP contribution in [0.2, 0.25) is 0 Å². The van der Waals surface area contributed by atoms with E-state index in [0.29, 0.717) is 18.0 Å². The number of nitrogens with one attached hydrogen (secondary N) is 1. The summed E-state index contributed by atoms with van der Waals surface area (Å²) in [6.45, 7) is 1.12. The number of nitrogens with zero attached hydrogens (tertiary/aromatic N) is 5. The molecule has 1 aliphatic carbocycles. The molecule has 3 rings (SSSR count). The van der Waals surface area contributed by atoms with Crippen molar-refractivity contribution in [3.63, 3.8) is 0 Å². The fourth-order valence-electron chi connectivity index (χ4n) is 3.86. The van der Waals surface area contributed by atoms with Gasteiger partial charge < -0.3 is 10.3 Å². The van der Waals surface area contributed by atoms with Gasteiger partial charge >= 0.3 is 5.00 Å². The second-order valence-electron chi connectivity index (χ2n) is 6.45. The standard InChI is InChI=1S/C17H14N6O2S/c1-22-5-4-10-11(6-18)16(21)17(8-19,9-20)15(12(10)7-22)13-2-3-14(26-13)23(24)25/h2-4,11-12,15,21H,5,7H2,1H3/t11?,12-,15-/m1/s1. The van der Waals surface area contributed by atoms with Crippen LogP contribution in [0.25, 0.3) is 0 Å². The first-order chi connectivity index (χ1) is 12.4. The lowest BCUT2D eigenvalue weighted by atomic mass is 9.55. The van der Waals surface area contributed by atoms with Crippen LogP contribution in [0.3, 0.4) is 0 Å². The quantitative estimate of drug-likeness (QED) is 0.484. The molecule has 1 saturated carbocycles. The van der Waals surface area contributed by atoms with Gasteiger partial charge in [0.25, 0.3) is 0 Å². The smallest absolute Gasteiger partial charge is 0.305 e. The highest BCUT2D eigenvalue weighted by atomic mass is 32.1. The Labute approximate surface area is 153 Å². The zero-order valence-electron chi connectivity index (χ0n) is 13.8. The molecule has 0 aromatic carbocycles. The van der Waals surface area contributed by atoms with Gasteiger partial charge in [-0.25, -0.2) is 0 Å². The molecule has 26 heavy (non-hydrogen) atoms. The molecule has 2 aliphatic rings. The fourth-order valence-corrected chi connectivity index (χ4v) is 4.92. The molecule has 1 N–H and O–H groups in total. The first-order valence-electron chi connectivity index (χ1n) is 7.83. The number of thiophene rings is 1. The minimum atomic E-state index is -1.82. The molecule has 0 bridgehead atoms. The number of hydrogen-bond acceptors (Lipinski definition) is 8. The average Bonchev–Trinajstić information content (AvgIpc) is 3.11. The van der Waals surface area contributed by atoms with E-state index in [1.165, 1.54) is 6.07 Å². The van der Waals surface area contributed by atoms with E-state index in [4.69, 9.17) is 5.41 Å². The minimum absolute atomic E-state index is 0.0755. The predicted octanol–water partition coefficient (Wildman–Crippen LogP) is 2.43. The highest BCUT2D eigenvalue weighted by molar-refractivity contribution is 7.15. The van der Waals surface area contributed by atoms with Gasteiger partial charge in [0.05, 0.1) is 28.8 Å². The second kappa shape index (κ2) is 6.34. The van der Waals surface area contributed by atoms with Crippen molar-refractivity contribution in [1.29, 1.82) is 21.2 Å². The van der Waals surface area contributed by atoms with Gasteiger partial charge in [-0.15, -0.1) is 0 Å². The van der Waals surface area contributed by atoms with Crippen LogP contribution in [0.1, 0.15) is 10.8 Å². The van der Waals surface area contributed by atoms with Crippen molar-refractivity contribution < 1.29 is 4.92 Å². The van der Waals surface area contributed by atoms with Crippen molar-refractivity contribution in [3.8, 4) is 18.2 Å². The van der Waals surface area contributed by atoms with Crippen LogP contribution in [0.4, 0.5) is 5.00 Å². The van der Waals surface area contributed by atoms with Crippen molar-refractivity contribution in [2.24, 2.45) is 17.3 Å². The van der Waals surface area contributed by atoms with E-state index < -0.39 is 22.2 Å².